The number of hydrogen-bond donors (Lipinski definition) is 1. The average Bonchev–Trinajstić information content (AvgIpc) is 3.20. The van der Waals surface area contributed by atoms with Crippen LogP contribution < -0.4 is 5.32 Å². The first kappa shape index (κ1) is 17.8. The number of carbonyl (C=O) groups excluding carboxylic acids is 1. The molecule has 134 valence electrons. The van der Waals surface area contributed by atoms with Crippen LogP contribution in [0.3, 0.4) is 0 Å². The van der Waals surface area contributed by atoms with Crippen LogP contribution in [0, 0.1) is 0 Å². The maximum absolute atomic E-state index is 12.6. The lowest BCUT2D eigenvalue weighted by atomic mass is 10.1. The highest BCUT2D eigenvalue weighted by atomic mass is 16.1. The lowest BCUT2D eigenvalue weighted by molar-refractivity contribution is 0.0941. The van der Waals surface area contributed by atoms with Crippen LogP contribution in [0.25, 0.3) is 5.82 Å². The Bertz CT molecular complexity index is 830. The van der Waals surface area contributed by atoms with Crippen molar-refractivity contribution < 1.29 is 4.79 Å². The van der Waals surface area contributed by atoms with Crippen molar-refractivity contribution in [3.63, 3.8) is 0 Å². The maximum Gasteiger partial charge on any atom is 0.251 e. The van der Waals surface area contributed by atoms with E-state index in [9.17, 15) is 4.79 Å². The van der Waals surface area contributed by atoms with Crippen molar-refractivity contribution >= 4 is 5.91 Å². The summed E-state index contributed by atoms with van der Waals surface area (Å²) in [6, 6.07) is 14.0. The van der Waals surface area contributed by atoms with Gasteiger partial charge in [-0.3, -0.25) is 9.36 Å². The van der Waals surface area contributed by atoms with Gasteiger partial charge >= 0.3 is 0 Å². The van der Waals surface area contributed by atoms with Crippen molar-refractivity contribution in [2.75, 3.05) is 20.6 Å². The molecule has 1 amide bonds. The van der Waals surface area contributed by atoms with Gasteiger partial charge in [-0.1, -0.05) is 30.3 Å². The lowest BCUT2D eigenvalue weighted by Crippen LogP contribution is -2.41. The van der Waals surface area contributed by atoms with E-state index in [-0.39, 0.29) is 11.9 Å². The molecule has 2 heterocycles. The van der Waals surface area contributed by atoms with E-state index in [1.807, 2.05) is 32.3 Å². The number of hydrogen-bond acceptors (Lipinski definition) is 4. The second-order valence-corrected chi connectivity index (χ2v) is 6.39. The number of amides is 1. The van der Waals surface area contributed by atoms with Crippen LogP contribution in [0.2, 0.25) is 0 Å². The van der Waals surface area contributed by atoms with E-state index < -0.39 is 0 Å². The number of nitrogens with zero attached hydrogens (tertiary/aromatic N) is 4. The highest BCUT2D eigenvalue weighted by Gasteiger charge is 2.15. The molecule has 0 aliphatic heterocycles. The van der Waals surface area contributed by atoms with Crippen LogP contribution >= 0.6 is 0 Å². The van der Waals surface area contributed by atoms with E-state index in [0.717, 1.165) is 6.42 Å². The number of aromatic nitrogens is 3. The Hall–Kier alpha value is -2.99. The van der Waals surface area contributed by atoms with Gasteiger partial charge in [-0.15, -0.1) is 0 Å². The van der Waals surface area contributed by atoms with Crippen molar-refractivity contribution in [1.29, 1.82) is 0 Å². The predicted molar refractivity (Wildman–Crippen MR) is 101 cm³/mol. The van der Waals surface area contributed by atoms with Gasteiger partial charge in [0.1, 0.15) is 12.1 Å². The molecular weight excluding hydrogens is 326 g/mol. The van der Waals surface area contributed by atoms with E-state index in [2.05, 4.69) is 32.3 Å². The smallest absolute Gasteiger partial charge is 0.251 e. The SMILES string of the molecule is CN(C)[C@@H](CNC(=O)c1ccnc(-n2ccnc2)c1)Cc1ccccc1. The van der Waals surface area contributed by atoms with Gasteiger partial charge in [0.05, 0.1) is 0 Å². The molecule has 0 saturated carbocycles. The van der Waals surface area contributed by atoms with Gasteiger partial charge < -0.3 is 10.2 Å². The van der Waals surface area contributed by atoms with Gasteiger partial charge in [0.25, 0.3) is 5.91 Å². The Morgan fingerprint density at radius 1 is 1.19 bits per heavy atom. The number of likely N-dealkylation sites (N-methyl/N-ethyl adjacent to an activating group) is 1. The standard InChI is InChI=1S/C20H23N5O/c1-24(2)18(12-16-6-4-3-5-7-16)14-23-20(26)17-8-9-22-19(13-17)25-11-10-21-15-25/h3-11,13,15,18H,12,14H2,1-2H3,(H,23,26)/t18-/m1/s1. The summed E-state index contributed by atoms with van der Waals surface area (Å²) in [4.78, 5) is 23.0. The largest absolute Gasteiger partial charge is 0.350 e. The Kier molecular flexibility index (Phi) is 5.76. The van der Waals surface area contributed by atoms with E-state index in [1.54, 1.807) is 41.6 Å². The molecule has 0 spiro atoms. The van der Waals surface area contributed by atoms with E-state index in [1.165, 1.54) is 5.56 Å². The summed E-state index contributed by atoms with van der Waals surface area (Å²) in [6.45, 7) is 0.573. The molecule has 0 fully saturated rings. The lowest BCUT2D eigenvalue weighted by Gasteiger charge is -2.24. The van der Waals surface area contributed by atoms with Crippen LogP contribution in [-0.4, -0.2) is 52.0 Å². The zero-order chi connectivity index (χ0) is 18.4. The minimum Gasteiger partial charge on any atom is -0.350 e. The fourth-order valence-electron chi connectivity index (χ4n) is 2.73. The normalized spacial score (nSPS) is 12.1. The summed E-state index contributed by atoms with van der Waals surface area (Å²) in [5.41, 5.74) is 1.84. The average molecular weight is 349 g/mol. The quantitative estimate of drug-likeness (QED) is 0.710. The first-order valence-corrected chi connectivity index (χ1v) is 8.56. The summed E-state index contributed by atoms with van der Waals surface area (Å²) in [5, 5.41) is 3.04. The number of rotatable bonds is 7. The van der Waals surface area contributed by atoms with Gasteiger partial charge in [0.2, 0.25) is 0 Å². The molecule has 0 radical (unpaired) electrons. The highest BCUT2D eigenvalue weighted by Crippen LogP contribution is 2.09. The Morgan fingerprint density at radius 2 is 2.00 bits per heavy atom. The van der Waals surface area contributed by atoms with Crippen molar-refractivity contribution in [3.8, 4) is 5.82 Å². The monoisotopic (exact) mass is 349 g/mol. The van der Waals surface area contributed by atoms with Gasteiger partial charge in [0.15, 0.2) is 0 Å². The van der Waals surface area contributed by atoms with Gasteiger partial charge in [-0.25, -0.2) is 9.97 Å². The molecule has 1 aromatic carbocycles. The van der Waals surface area contributed by atoms with Gasteiger partial charge in [-0.2, -0.15) is 0 Å². The molecule has 0 unspecified atom stereocenters. The summed E-state index contributed by atoms with van der Waals surface area (Å²) < 4.78 is 1.77. The first-order chi connectivity index (χ1) is 12.6. The molecule has 6 heteroatoms. The molecule has 3 rings (SSSR count). The number of imidazole rings is 1. The molecule has 1 N–H and O–H groups in total. The minimum absolute atomic E-state index is 0.103. The zero-order valence-corrected chi connectivity index (χ0v) is 15.0. The molecule has 3 aromatic rings. The number of pyridine rings is 1. The summed E-state index contributed by atoms with van der Waals surface area (Å²) in [5.74, 6) is 0.567. The second kappa shape index (κ2) is 8.40. The molecular formula is C20H23N5O. The molecule has 0 bridgehead atoms. The maximum atomic E-state index is 12.6. The number of carbonyl (C=O) groups is 1. The molecule has 0 aliphatic rings. The van der Waals surface area contributed by atoms with Gasteiger partial charge in [-0.05, 0) is 38.2 Å². The van der Waals surface area contributed by atoms with Crippen LogP contribution in [-0.2, 0) is 6.42 Å². The third kappa shape index (κ3) is 4.55. The Labute approximate surface area is 153 Å². The van der Waals surface area contributed by atoms with Crippen LogP contribution in [0.5, 0.6) is 0 Å². The third-order valence-corrected chi connectivity index (χ3v) is 4.32. The number of nitrogens with one attached hydrogen (secondary N) is 1. The summed E-state index contributed by atoms with van der Waals surface area (Å²) >= 11 is 0. The summed E-state index contributed by atoms with van der Waals surface area (Å²) in [7, 11) is 4.06. The van der Waals surface area contributed by atoms with Gasteiger partial charge in [0, 0.05) is 36.7 Å². The van der Waals surface area contributed by atoms with Crippen molar-refractivity contribution in [3.05, 3.63) is 78.5 Å². The fraction of sp³-hybridized carbons (Fsp3) is 0.250. The van der Waals surface area contributed by atoms with Crippen molar-refractivity contribution in [2.24, 2.45) is 0 Å². The zero-order valence-electron chi connectivity index (χ0n) is 15.0. The topological polar surface area (TPSA) is 63.1 Å². The molecule has 0 aliphatic carbocycles. The molecule has 2 aromatic heterocycles. The molecule has 26 heavy (non-hydrogen) atoms. The Balaban J connectivity index is 1.64. The van der Waals surface area contributed by atoms with Crippen LogP contribution in [0.4, 0.5) is 0 Å². The third-order valence-electron chi connectivity index (χ3n) is 4.32. The van der Waals surface area contributed by atoms with Crippen molar-refractivity contribution in [2.45, 2.75) is 12.5 Å². The van der Waals surface area contributed by atoms with Crippen molar-refractivity contribution in [1.82, 2.24) is 24.8 Å². The summed E-state index contributed by atoms with van der Waals surface area (Å²) in [6.07, 6.45) is 7.65. The van der Waals surface area contributed by atoms with E-state index in [0.29, 0.717) is 17.9 Å². The molecule has 6 nitrogen and oxygen atoms in total. The molecule has 0 saturated heterocycles. The first-order valence-electron chi connectivity index (χ1n) is 8.56. The second-order valence-electron chi connectivity index (χ2n) is 6.39. The van der Waals surface area contributed by atoms with Crippen LogP contribution in [0.15, 0.2) is 67.4 Å². The minimum atomic E-state index is -0.103. The van der Waals surface area contributed by atoms with Crippen LogP contribution in [0.1, 0.15) is 15.9 Å². The van der Waals surface area contributed by atoms with E-state index in [4.69, 9.17) is 0 Å². The number of benzene rings is 1. The van der Waals surface area contributed by atoms with E-state index >= 15 is 0 Å². The molecule has 1 atom stereocenters. The highest BCUT2D eigenvalue weighted by molar-refractivity contribution is 5.94. The predicted octanol–water partition coefficient (Wildman–Crippen LogP) is 2.17. The fourth-order valence-corrected chi connectivity index (χ4v) is 2.73. The Morgan fingerprint density at radius 3 is 2.69 bits per heavy atom.